The lowest BCUT2D eigenvalue weighted by molar-refractivity contribution is 0.807. The summed E-state index contributed by atoms with van der Waals surface area (Å²) in [5, 5.41) is 2.75. The number of allylic oxidation sites excluding steroid dienone is 6. The molecule has 0 radical (unpaired) electrons. The zero-order valence-corrected chi connectivity index (χ0v) is 17.3. The van der Waals surface area contributed by atoms with Crippen LogP contribution in [0.25, 0.3) is 0 Å². The van der Waals surface area contributed by atoms with E-state index in [1.165, 1.54) is 0 Å². The molecule has 2 heteroatoms. The van der Waals surface area contributed by atoms with E-state index in [1.807, 2.05) is 78.6 Å². The maximum absolute atomic E-state index is 4.11. The van der Waals surface area contributed by atoms with Crippen molar-refractivity contribution in [2.24, 2.45) is 10.9 Å². The Morgan fingerprint density at radius 3 is 1.96 bits per heavy atom. The van der Waals surface area contributed by atoms with Gasteiger partial charge in [-0.05, 0) is 23.5 Å². The Morgan fingerprint density at radius 1 is 1.04 bits per heavy atom. The summed E-state index contributed by atoms with van der Waals surface area (Å²) in [4.78, 5) is 4.11. The zero-order valence-electron chi connectivity index (χ0n) is 16.5. The van der Waals surface area contributed by atoms with Crippen molar-refractivity contribution >= 4 is 18.0 Å². The second-order valence-corrected chi connectivity index (χ2v) is 5.07. The molecular formula is C21H37NS. The number of thioether (sulfide) groups is 1. The molecule has 0 N–H and O–H groups in total. The predicted molar refractivity (Wildman–Crippen MR) is 114 cm³/mol. The average Bonchev–Trinajstić information content (AvgIpc) is 3.03. The highest BCUT2D eigenvalue weighted by atomic mass is 32.2. The van der Waals surface area contributed by atoms with Gasteiger partial charge in [-0.1, -0.05) is 85.9 Å². The molecule has 0 aliphatic carbocycles. The molecule has 1 heterocycles. The van der Waals surface area contributed by atoms with Gasteiger partial charge in [0.1, 0.15) is 0 Å². The molecule has 1 nitrogen and oxygen atoms in total. The first kappa shape index (κ1) is 26.6. The molecule has 1 aliphatic rings. The summed E-state index contributed by atoms with van der Waals surface area (Å²) < 4.78 is 0. The summed E-state index contributed by atoms with van der Waals surface area (Å²) in [6.45, 7) is 23.7. The number of aliphatic imine (C=N–C) groups is 1. The van der Waals surface area contributed by atoms with Gasteiger partial charge in [0.25, 0.3) is 0 Å². The van der Waals surface area contributed by atoms with Crippen LogP contribution in [0.4, 0.5) is 0 Å². The number of rotatable bonds is 5. The molecule has 1 rings (SSSR count). The van der Waals surface area contributed by atoms with Crippen LogP contribution in [0.1, 0.15) is 55.4 Å². The topological polar surface area (TPSA) is 12.4 Å². The molecule has 2 atom stereocenters. The van der Waals surface area contributed by atoms with E-state index in [0.717, 1.165) is 11.1 Å². The van der Waals surface area contributed by atoms with Gasteiger partial charge in [0.15, 0.2) is 0 Å². The normalized spacial score (nSPS) is 19.7. The molecule has 0 aromatic heterocycles. The lowest BCUT2D eigenvalue weighted by Crippen LogP contribution is -2.05. The van der Waals surface area contributed by atoms with Crippen molar-refractivity contribution in [1.29, 1.82) is 0 Å². The van der Waals surface area contributed by atoms with Gasteiger partial charge in [-0.15, -0.1) is 11.8 Å². The summed E-state index contributed by atoms with van der Waals surface area (Å²) >= 11 is 1.86. The highest BCUT2D eigenvalue weighted by Crippen LogP contribution is 2.31. The summed E-state index contributed by atoms with van der Waals surface area (Å²) in [7, 11) is 0. The molecule has 23 heavy (non-hydrogen) atoms. The molecule has 0 saturated heterocycles. The number of nitrogens with zero attached hydrogens (tertiary/aromatic N) is 1. The fraction of sp³-hybridized carbons (Fsp3) is 0.476. The van der Waals surface area contributed by atoms with Crippen LogP contribution >= 0.6 is 11.8 Å². The average molecular weight is 336 g/mol. The van der Waals surface area contributed by atoms with Gasteiger partial charge in [0.05, 0.1) is 0 Å². The first-order chi connectivity index (χ1) is 11.2. The molecule has 0 spiro atoms. The fourth-order valence-corrected chi connectivity index (χ4v) is 2.53. The quantitative estimate of drug-likeness (QED) is 0.372. The minimum absolute atomic E-state index is 0.459. The molecule has 1 aliphatic heterocycles. The van der Waals surface area contributed by atoms with E-state index in [9.17, 15) is 0 Å². The van der Waals surface area contributed by atoms with E-state index >= 15 is 0 Å². The predicted octanol–water partition coefficient (Wildman–Crippen LogP) is 7.60. The number of hydrogen-bond acceptors (Lipinski definition) is 2. The van der Waals surface area contributed by atoms with Crippen molar-refractivity contribution in [3.05, 3.63) is 60.2 Å². The molecule has 0 aromatic carbocycles. The van der Waals surface area contributed by atoms with Crippen LogP contribution < -0.4 is 0 Å². The van der Waals surface area contributed by atoms with Crippen LogP contribution in [0.2, 0.25) is 0 Å². The molecular weight excluding hydrogens is 298 g/mol. The molecule has 0 fully saturated rings. The van der Waals surface area contributed by atoms with Gasteiger partial charge in [-0.25, -0.2) is 0 Å². The van der Waals surface area contributed by atoms with E-state index in [0.29, 0.717) is 11.2 Å². The number of hydrogen-bond donors (Lipinski definition) is 0. The SMILES string of the molecule is C=CN=CC(=C/C1C=CSC1C)/C(C=C)=C\C.CC.CC.CC. The third-order valence-electron chi connectivity index (χ3n) is 2.69. The van der Waals surface area contributed by atoms with Crippen LogP contribution in [-0.4, -0.2) is 11.5 Å². The summed E-state index contributed by atoms with van der Waals surface area (Å²) in [6.07, 6.45) is 11.8. The maximum Gasteiger partial charge on any atom is 0.0342 e. The van der Waals surface area contributed by atoms with Crippen molar-refractivity contribution in [3.8, 4) is 0 Å². The van der Waals surface area contributed by atoms with Crippen LogP contribution in [-0.2, 0) is 0 Å². The Hall–Kier alpha value is -1.28. The fourth-order valence-electron chi connectivity index (χ4n) is 1.65. The van der Waals surface area contributed by atoms with Crippen LogP contribution in [0.15, 0.2) is 65.2 Å². The van der Waals surface area contributed by atoms with Crippen LogP contribution in [0, 0.1) is 5.92 Å². The minimum Gasteiger partial charge on any atom is -0.265 e. The Balaban J connectivity index is -0.000000595. The first-order valence-corrected chi connectivity index (χ1v) is 9.64. The first-order valence-electron chi connectivity index (χ1n) is 8.70. The van der Waals surface area contributed by atoms with Gasteiger partial charge < -0.3 is 0 Å². The van der Waals surface area contributed by atoms with Gasteiger partial charge in [-0.3, -0.25) is 4.99 Å². The third-order valence-corrected chi connectivity index (χ3v) is 3.75. The van der Waals surface area contributed by atoms with E-state index < -0.39 is 0 Å². The Morgan fingerprint density at radius 2 is 1.61 bits per heavy atom. The van der Waals surface area contributed by atoms with Gasteiger partial charge in [0.2, 0.25) is 0 Å². The summed E-state index contributed by atoms with van der Waals surface area (Å²) in [5.41, 5.74) is 2.21. The molecule has 132 valence electrons. The zero-order chi connectivity index (χ0) is 18.7. The van der Waals surface area contributed by atoms with Crippen molar-refractivity contribution < 1.29 is 0 Å². The third kappa shape index (κ3) is 11.9. The maximum atomic E-state index is 4.11. The van der Waals surface area contributed by atoms with E-state index in [4.69, 9.17) is 0 Å². The van der Waals surface area contributed by atoms with Crippen LogP contribution in [0.5, 0.6) is 0 Å². The minimum atomic E-state index is 0.459. The Labute approximate surface area is 150 Å². The van der Waals surface area contributed by atoms with Crippen molar-refractivity contribution in [3.63, 3.8) is 0 Å². The highest BCUT2D eigenvalue weighted by molar-refractivity contribution is 8.03. The standard InChI is InChI=1S/C15H19NS.3C2H6/c1-5-13(6-2)15(11-16-7-3)10-14-8-9-17-12(14)4;3*1-2/h5-12,14H,1,3H2,2,4H3;3*1-2H3/b13-6-,15-10-,16-11?;;;. The smallest absolute Gasteiger partial charge is 0.0342 e. The molecule has 0 amide bonds. The van der Waals surface area contributed by atoms with Gasteiger partial charge in [-0.2, -0.15) is 0 Å². The van der Waals surface area contributed by atoms with E-state index in [1.54, 1.807) is 6.20 Å². The Bertz CT molecular complexity index is 400. The monoisotopic (exact) mass is 335 g/mol. The lowest BCUT2D eigenvalue weighted by Gasteiger charge is -2.11. The molecule has 0 aromatic rings. The summed E-state index contributed by atoms with van der Waals surface area (Å²) in [5.74, 6) is 0.459. The molecule has 2 unspecified atom stereocenters. The second-order valence-electron chi connectivity index (χ2n) is 3.78. The van der Waals surface area contributed by atoms with E-state index in [2.05, 4.69) is 42.6 Å². The van der Waals surface area contributed by atoms with Crippen molar-refractivity contribution in [2.75, 3.05) is 0 Å². The molecule has 0 saturated carbocycles. The van der Waals surface area contributed by atoms with Gasteiger partial charge in [0, 0.05) is 23.6 Å². The lowest BCUT2D eigenvalue weighted by atomic mass is 9.98. The van der Waals surface area contributed by atoms with Gasteiger partial charge >= 0.3 is 0 Å². The van der Waals surface area contributed by atoms with Crippen molar-refractivity contribution in [1.82, 2.24) is 0 Å². The van der Waals surface area contributed by atoms with E-state index in [-0.39, 0.29) is 0 Å². The highest BCUT2D eigenvalue weighted by Gasteiger charge is 2.17. The van der Waals surface area contributed by atoms with Crippen LogP contribution in [0.3, 0.4) is 0 Å². The largest absolute Gasteiger partial charge is 0.265 e. The molecule has 0 bridgehead atoms. The summed E-state index contributed by atoms with van der Waals surface area (Å²) in [6, 6.07) is 0. The second kappa shape index (κ2) is 20.7. The Kier molecular flexibility index (Phi) is 24.0. The van der Waals surface area contributed by atoms with Crippen molar-refractivity contribution in [2.45, 2.75) is 60.6 Å².